The third-order valence-electron chi connectivity index (χ3n) is 3.51. The zero-order valence-electron chi connectivity index (χ0n) is 13.8. The number of carbonyl (C=O) groups excluding carboxylic acids is 1. The van der Waals surface area contributed by atoms with Gasteiger partial charge in [0, 0.05) is 5.56 Å². The summed E-state index contributed by atoms with van der Waals surface area (Å²) < 4.78 is 0. The molecular weight excluding hydrogens is 348 g/mol. The largest absolute Gasteiger partial charge is 0.508 e. The first-order valence-electron chi connectivity index (χ1n) is 7.68. The Hall–Kier alpha value is -3.50. The van der Waals surface area contributed by atoms with E-state index in [-0.39, 0.29) is 11.3 Å². The molecule has 3 aromatic rings. The van der Waals surface area contributed by atoms with E-state index in [4.69, 9.17) is 0 Å². The summed E-state index contributed by atoms with van der Waals surface area (Å²) in [5, 5.41) is 30.1. The van der Waals surface area contributed by atoms with Crippen molar-refractivity contribution in [1.82, 2.24) is 10.2 Å². The van der Waals surface area contributed by atoms with Crippen LogP contribution in [-0.2, 0) is 4.79 Å². The van der Waals surface area contributed by atoms with Gasteiger partial charge in [0.25, 0.3) is 5.91 Å². The summed E-state index contributed by atoms with van der Waals surface area (Å²) in [7, 11) is 0. The summed E-state index contributed by atoms with van der Waals surface area (Å²) in [6.45, 7) is 2.00. The number of amides is 1. The summed E-state index contributed by atoms with van der Waals surface area (Å²) >= 11 is 1.23. The Labute approximate surface area is 154 Å². The average Bonchev–Trinajstić information content (AvgIpc) is 3.10. The van der Waals surface area contributed by atoms with Crippen LogP contribution in [0.3, 0.4) is 0 Å². The predicted molar refractivity (Wildman–Crippen MR) is 100 cm³/mol. The normalized spacial score (nSPS) is 11.0. The molecule has 3 rings (SSSR count). The summed E-state index contributed by atoms with van der Waals surface area (Å²) in [6.07, 6.45) is 1.44. The van der Waals surface area contributed by atoms with Crippen LogP contribution in [0, 0.1) is 18.3 Å². The van der Waals surface area contributed by atoms with Crippen molar-refractivity contribution in [3.63, 3.8) is 0 Å². The van der Waals surface area contributed by atoms with E-state index < -0.39 is 5.91 Å². The number of phenols is 1. The van der Waals surface area contributed by atoms with Gasteiger partial charge in [-0.25, -0.2) is 0 Å². The number of nitriles is 1. The lowest BCUT2D eigenvalue weighted by molar-refractivity contribution is -0.112. The van der Waals surface area contributed by atoms with E-state index in [1.807, 2.05) is 37.3 Å². The van der Waals surface area contributed by atoms with E-state index in [0.717, 1.165) is 11.1 Å². The molecule has 0 spiro atoms. The molecule has 2 aromatic carbocycles. The highest BCUT2D eigenvalue weighted by atomic mass is 32.1. The van der Waals surface area contributed by atoms with Gasteiger partial charge in [-0.3, -0.25) is 10.1 Å². The molecule has 0 saturated heterocycles. The number of aromatic nitrogens is 2. The van der Waals surface area contributed by atoms with Gasteiger partial charge in [-0.15, -0.1) is 10.2 Å². The first-order valence-corrected chi connectivity index (χ1v) is 8.49. The molecule has 0 bridgehead atoms. The van der Waals surface area contributed by atoms with Gasteiger partial charge in [-0.1, -0.05) is 53.3 Å². The molecule has 26 heavy (non-hydrogen) atoms. The molecule has 1 heterocycles. The fourth-order valence-corrected chi connectivity index (χ4v) is 2.88. The third-order valence-corrected chi connectivity index (χ3v) is 4.40. The lowest BCUT2D eigenvalue weighted by atomic mass is 10.1. The average molecular weight is 362 g/mol. The molecule has 0 fully saturated rings. The van der Waals surface area contributed by atoms with Crippen LogP contribution in [0.5, 0.6) is 5.75 Å². The number of benzene rings is 2. The van der Waals surface area contributed by atoms with Gasteiger partial charge in [0.2, 0.25) is 5.13 Å². The minimum absolute atomic E-state index is 0.0669. The van der Waals surface area contributed by atoms with Crippen LogP contribution in [-0.4, -0.2) is 21.2 Å². The maximum Gasteiger partial charge on any atom is 0.268 e. The number of rotatable bonds is 4. The maximum absolute atomic E-state index is 12.3. The Morgan fingerprint density at radius 3 is 2.50 bits per heavy atom. The summed E-state index contributed by atoms with van der Waals surface area (Å²) in [5.41, 5.74) is 2.62. The Morgan fingerprint density at radius 2 is 1.85 bits per heavy atom. The van der Waals surface area contributed by atoms with E-state index in [9.17, 15) is 15.2 Å². The second-order valence-corrected chi connectivity index (χ2v) is 6.47. The second kappa shape index (κ2) is 7.59. The van der Waals surface area contributed by atoms with Crippen molar-refractivity contribution in [3.8, 4) is 22.4 Å². The number of aryl methyl sites for hydroxylation is 1. The molecule has 7 heteroatoms. The van der Waals surface area contributed by atoms with Crippen molar-refractivity contribution in [1.29, 1.82) is 5.26 Å². The Morgan fingerprint density at radius 1 is 1.15 bits per heavy atom. The predicted octanol–water partition coefficient (Wildman–Crippen LogP) is 3.76. The van der Waals surface area contributed by atoms with Gasteiger partial charge < -0.3 is 5.11 Å². The molecule has 0 aliphatic rings. The fraction of sp³-hybridized carbons (Fsp3) is 0.0526. The van der Waals surface area contributed by atoms with Crippen LogP contribution >= 0.6 is 11.3 Å². The van der Waals surface area contributed by atoms with Gasteiger partial charge in [-0.05, 0) is 30.7 Å². The first kappa shape index (κ1) is 17.3. The van der Waals surface area contributed by atoms with Crippen LogP contribution in [0.15, 0.2) is 54.1 Å². The van der Waals surface area contributed by atoms with Gasteiger partial charge >= 0.3 is 0 Å². The lowest BCUT2D eigenvalue weighted by Crippen LogP contribution is -2.13. The molecule has 0 saturated carbocycles. The number of carbonyl (C=O) groups is 1. The molecule has 1 aromatic heterocycles. The SMILES string of the molecule is Cc1ccc(-c2nnc(NC(=O)/C(C#N)=C\c3ccc(O)cc3)s2)cc1. The van der Waals surface area contributed by atoms with Crippen LogP contribution in [0.25, 0.3) is 16.6 Å². The number of hydrogen-bond donors (Lipinski definition) is 2. The summed E-state index contributed by atoms with van der Waals surface area (Å²) in [5.74, 6) is -0.449. The Kier molecular flexibility index (Phi) is 5.06. The molecule has 0 aliphatic carbocycles. The smallest absolute Gasteiger partial charge is 0.268 e. The molecule has 2 N–H and O–H groups in total. The van der Waals surface area contributed by atoms with E-state index in [0.29, 0.717) is 15.7 Å². The molecular formula is C19H14N4O2S. The lowest BCUT2D eigenvalue weighted by Gasteiger charge is -2.00. The minimum atomic E-state index is -0.563. The standard InChI is InChI=1S/C19H14N4O2S/c1-12-2-6-14(7-3-12)18-22-23-19(26-18)21-17(25)15(11-20)10-13-4-8-16(24)9-5-13/h2-10,24H,1H3,(H,21,23,25)/b15-10-. The molecule has 1 amide bonds. The molecule has 0 unspecified atom stereocenters. The zero-order valence-corrected chi connectivity index (χ0v) is 14.6. The second-order valence-electron chi connectivity index (χ2n) is 5.49. The summed E-state index contributed by atoms with van der Waals surface area (Å²) in [4.78, 5) is 12.3. The number of nitrogens with zero attached hydrogens (tertiary/aromatic N) is 3. The van der Waals surface area contributed by atoms with Gasteiger partial charge in [-0.2, -0.15) is 5.26 Å². The van der Waals surface area contributed by atoms with Crippen LogP contribution in [0.2, 0.25) is 0 Å². The van der Waals surface area contributed by atoms with E-state index in [1.165, 1.54) is 29.5 Å². The van der Waals surface area contributed by atoms with Crippen molar-refractivity contribution in [3.05, 3.63) is 65.2 Å². The van der Waals surface area contributed by atoms with Crippen molar-refractivity contribution in [2.45, 2.75) is 6.92 Å². The van der Waals surface area contributed by atoms with Crippen LogP contribution < -0.4 is 5.32 Å². The highest BCUT2D eigenvalue weighted by Crippen LogP contribution is 2.26. The van der Waals surface area contributed by atoms with Crippen molar-refractivity contribution < 1.29 is 9.90 Å². The zero-order chi connectivity index (χ0) is 18.5. The molecule has 0 atom stereocenters. The highest BCUT2D eigenvalue weighted by molar-refractivity contribution is 7.18. The number of anilines is 1. The topological polar surface area (TPSA) is 98.9 Å². The molecule has 128 valence electrons. The van der Waals surface area contributed by atoms with Gasteiger partial charge in [0.1, 0.15) is 22.4 Å². The molecule has 0 radical (unpaired) electrons. The third kappa shape index (κ3) is 4.12. The monoisotopic (exact) mass is 362 g/mol. The van der Waals surface area contributed by atoms with Crippen LogP contribution in [0.4, 0.5) is 5.13 Å². The van der Waals surface area contributed by atoms with Gasteiger partial charge in [0.05, 0.1) is 0 Å². The minimum Gasteiger partial charge on any atom is -0.508 e. The van der Waals surface area contributed by atoms with Gasteiger partial charge in [0.15, 0.2) is 0 Å². The Balaban J connectivity index is 1.75. The van der Waals surface area contributed by atoms with E-state index in [2.05, 4.69) is 15.5 Å². The number of nitrogens with one attached hydrogen (secondary N) is 1. The number of hydrogen-bond acceptors (Lipinski definition) is 6. The Bertz CT molecular complexity index is 999. The number of phenolic OH excluding ortho intramolecular Hbond substituents is 1. The maximum atomic E-state index is 12.3. The quantitative estimate of drug-likeness (QED) is 0.544. The van der Waals surface area contributed by atoms with Crippen molar-refractivity contribution >= 4 is 28.5 Å². The van der Waals surface area contributed by atoms with Crippen molar-refractivity contribution in [2.24, 2.45) is 0 Å². The first-order chi connectivity index (χ1) is 12.5. The summed E-state index contributed by atoms with van der Waals surface area (Å²) in [6, 6.07) is 15.9. The van der Waals surface area contributed by atoms with Crippen molar-refractivity contribution in [2.75, 3.05) is 5.32 Å². The fourth-order valence-electron chi connectivity index (χ4n) is 2.14. The molecule has 6 nitrogen and oxygen atoms in total. The van der Waals surface area contributed by atoms with E-state index >= 15 is 0 Å². The number of aromatic hydroxyl groups is 1. The van der Waals surface area contributed by atoms with Crippen LogP contribution in [0.1, 0.15) is 11.1 Å². The van der Waals surface area contributed by atoms with E-state index in [1.54, 1.807) is 12.1 Å². The molecule has 0 aliphatic heterocycles. The highest BCUT2D eigenvalue weighted by Gasteiger charge is 2.13.